The molecule has 5 aliphatic rings. The van der Waals surface area contributed by atoms with E-state index >= 15 is 0 Å². The topological polar surface area (TPSA) is 146 Å². The van der Waals surface area contributed by atoms with Gasteiger partial charge in [-0.15, -0.1) is 0 Å². The number of aliphatic hydroxyl groups excluding tert-OH is 4. The van der Waals surface area contributed by atoms with Crippen molar-refractivity contribution in [2.24, 2.45) is 45.3 Å². The van der Waals surface area contributed by atoms with Gasteiger partial charge in [-0.3, -0.25) is 4.79 Å². The number of ether oxygens (including phenoxy) is 3. The summed E-state index contributed by atoms with van der Waals surface area (Å²) in [6.07, 6.45) is 2.82. The number of esters is 1. The highest BCUT2D eigenvalue weighted by Crippen LogP contribution is 2.76. The Hall–Kier alpha value is -1.07. The Balaban J connectivity index is 1.35. The fraction of sp³-hybridized carbons (Fsp3) is 0.921. The molecule has 1 heterocycles. The average molecular weight is 665 g/mol. The third-order valence-electron chi connectivity index (χ3n) is 14.7. The molecular weight excluding hydrogens is 600 g/mol. The highest BCUT2D eigenvalue weighted by Gasteiger charge is 2.71. The van der Waals surface area contributed by atoms with Gasteiger partial charge in [-0.25, -0.2) is 0 Å². The van der Waals surface area contributed by atoms with Gasteiger partial charge in [0.1, 0.15) is 31.0 Å². The highest BCUT2D eigenvalue weighted by atomic mass is 16.7. The maximum atomic E-state index is 12.1. The summed E-state index contributed by atoms with van der Waals surface area (Å²) in [6, 6.07) is 0. The fourth-order valence-corrected chi connectivity index (χ4v) is 12.0. The first kappa shape index (κ1) is 37.2. The molecule has 0 aromatic carbocycles. The molecule has 5 fully saturated rings. The minimum atomic E-state index is -1.50. The molecule has 5 N–H and O–H groups in total. The molecule has 1 saturated heterocycles. The molecule has 0 amide bonds. The summed E-state index contributed by atoms with van der Waals surface area (Å²) in [4.78, 5) is 11.4. The molecule has 0 unspecified atom stereocenters. The Labute approximate surface area is 282 Å². The molecule has 5 rings (SSSR count). The SMILES string of the molecule is CC(=O)OC[C@H]1O[C@@H](O[C@H]2CC[C@]3(C)[C@H]4C[C@@H](O)[C@@H]5[C@@H]([C@@](C)(O)CCC=C(C)C)CC[C@@]5(C)[C@]4(C)CC[C@H]3C2(C)C)[C@H](O)[C@@H](O)[C@@H]1O. The Kier molecular flexibility index (Phi) is 10.2. The van der Waals surface area contributed by atoms with Gasteiger partial charge in [0.2, 0.25) is 0 Å². The summed E-state index contributed by atoms with van der Waals surface area (Å²) in [5.74, 6) is 0.196. The smallest absolute Gasteiger partial charge is 0.302 e. The largest absolute Gasteiger partial charge is 0.463 e. The molecule has 270 valence electrons. The Morgan fingerprint density at radius 3 is 2.19 bits per heavy atom. The van der Waals surface area contributed by atoms with Crippen molar-refractivity contribution in [1.82, 2.24) is 0 Å². The number of aliphatic hydroxyl groups is 5. The third kappa shape index (κ3) is 6.16. The van der Waals surface area contributed by atoms with Gasteiger partial charge >= 0.3 is 5.97 Å². The number of rotatable bonds is 8. The second-order valence-corrected chi connectivity index (χ2v) is 17.9. The molecule has 9 nitrogen and oxygen atoms in total. The zero-order valence-electron chi connectivity index (χ0n) is 30.4. The van der Waals surface area contributed by atoms with E-state index < -0.39 is 48.4 Å². The van der Waals surface area contributed by atoms with Crippen LogP contribution in [0.4, 0.5) is 0 Å². The Morgan fingerprint density at radius 1 is 0.894 bits per heavy atom. The van der Waals surface area contributed by atoms with Gasteiger partial charge in [-0.05, 0) is 124 Å². The van der Waals surface area contributed by atoms with Crippen LogP contribution in [0.2, 0.25) is 0 Å². The molecule has 0 aromatic rings. The second kappa shape index (κ2) is 12.9. The number of allylic oxidation sites excluding steroid dienone is 2. The van der Waals surface area contributed by atoms with E-state index in [9.17, 15) is 30.3 Å². The van der Waals surface area contributed by atoms with E-state index in [2.05, 4.69) is 54.5 Å². The normalized spacial score (nSPS) is 48.8. The van der Waals surface area contributed by atoms with Crippen molar-refractivity contribution in [3.63, 3.8) is 0 Å². The number of carbonyl (C=O) groups is 1. The molecular formula is C38H64O9. The van der Waals surface area contributed by atoms with Crippen LogP contribution in [0.5, 0.6) is 0 Å². The van der Waals surface area contributed by atoms with Crippen LogP contribution in [0, 0.1) is 45.3 Å². The number of carbonyl (C=O) groups excluding carboxylic acids is 1. The molecule has 4 saturated carbocycles. The minimum Gasteiger partial charge on any atom is -0.463 e. The average Bonchev–Trinajstić information content (AvgIpc) is 3.35. The van der Waals surface area contributed by atoms with Gasteiger partial charge in [0, 0.05) is 6.92 Å². The lowest BCUT2D eigenvalue weighted by Gasteiger charge is -2.70. The number of fused-ring (bicyclic) bond motifs is 5. The van der Waals surface area contributed by atoms with E-state index in [0.717, 1.165) is 51.4 Å². The maximum absolute atomic E-state index is 12.1. The number of hydrogen-bond donors (Lipinski definition) is 5. The summed E-state index contributed by atoms with van der Waals surface area (Å²) < 4.78 is 17.5. The van der Waals surface area contributed by atoms with E-state index in [1.807, 2.05) is 6.92 Å². The highest BCUT2D eigenvalue weighted by molar-refractivity contribution is 5.65. The van der Waals surface area contributed by atoms with Crippen molar-refractivity contribution in [3.05, 3.63) is 11.6 Å². The molecule has 9 heteroatoms. The van der Waals surface area contributed by atoms with Crippen molar-refractivity contribution >= 4 is 5.97 Å². The summed E-state index contributed by atoms with van der Waals surface area (Å²) in [5, 5.41) is 55.8. The van der Waals surface area contributed by atoms with E-state index in [1.165, 1.54) is 12.5 Å². The summed E-state index contributed by atoms with van der Waals surface area (Å²) in [5.41, 5.74) is 0.0157. The van der Waals surface area contributed by atoms with Crippen LogP contribution < -0.4 is 0 Å². The van der Waals surface area contributed by atoms with Crippen molar-refractivity contribution in [3.8, 4) is 0 Å². The molecule has 0 aromatic heterocycles. The molecule has 0 radical (unpaired) electrons. The molecule has 0 bridgehead atoms. The molecule has 4 aliphatic carbocycles. The van der Waals surface area contributed by atoms with Gasteiger partial charge in [0.05, 0.1) is 17.8 Å². The van der Waals surface area contributed by atoms with Crippen LogP contribution in [-0.2, 0) is 19.0 Å². The lowest BCUT2D eigenvalue weighted by atomic mass is 9.35. The quantitative estimate of drug-likeness (QED) is 0.139. The molecule has 0 spiro atoms. The predicted octanol–water partition coefficient (Wildman–Crippen LogP) is 4.90. The van der Waals surface area contributed by atoms with Gasteiger partial charge in [-0.2, -0.15) is 0 Å². The Morgan fingerprint density at radius 2 is 1.55 bits per heavy atom. The molecule has 1 aliphatic heterocycles. The van der Waals surface area contributed by atoms with Gasteiger partial charge in [0.15, 0.2) is 6.29 Å². The summed E-state index contributed by atoms with van der Waals surface area (Å²) in [6.45, 7) is 19.0. The minimum absolute atomic E-state index is 0.0174. The number of hydrogen-bond acceptors (Lipinski definition) is 9. The van der Waals surface area contributed by atoms with Crippen LogP contribution in [0.1, 0.15) is 120 Å². The zero-order chi connectivity index (χ0) is 34.9. The van der Waals surface area contributed by atoms with Crippen molar-refractivity contribution in [2.45, 2.75) is 169 Å². The van der Waals surface area contributed by atoms with Crippen molar-refractivity contribution in [2.75, 3.05) is 6.61 Å². The third-order valence-corrected chi connectivity index (χ3v) is 14.7. The molecule has 47 heavy (non-hydrogen) atoms. The van der Waals surface area contributed by atoms with Crippen LogP contribution in [-0.4, -0.2) is 86.6 Å². The van der Waals surface area contributed by atoms with E-state index in [0.29, 0.717) is 12.3 Å². The predicted molar refractivity (Wildman–Crippen MR) is 178 cm³/mol. The van der Waals surface area contributed by atoms with Gasteiger partial charge in [-0.1, -0.05) is 46.3 Å². The first-order valence-electron chi connectivity index (χ1n) is 18.2. The standard InChI is InChI=1S/C38H64O9/c1-21(2)11-10-15-38(9,44)23-12-17-37(8)29(23)24(40)19-27-35(6)16-14-28(34(4,5)26(35)13-18-36(27,37)7)47-33-32(43)31(42)30(41)25(46-33)20-45-22(3)39/h11,23-33,40-44H,10,12-20H2,1-9H3/t23-,24+,25+,26-,27+,28-,29-,30+,31-,32+,33-,35-,36+,37+,38-/m0/s1. The van der Waals surface area contributed by atoms with Crippen LogP contribution in [0.3, 0.4) is 0 Å². The molecule has 15 atom stereocenters. The van der Waals surface area contributed by atoms with E-state index in [-0.39, 0.29) is 52.1 Å². The lowest BCUT2D eigenvalue weighted by Crippen LogP contribution is -2.67. The summed E-state index contributed by atoms with van der Waals surface area (Å²) >= 11 is 0. The first-order valence-corrected chi connectivity index (χ1v) is 18.2. The van der Waals surface area contributed by atoms with Crippen LogP contribution >= 0.6 is 0 Å². The van der Waals surface area contributed by atoms with E-state index in [4.69, 9.17) is 14.2 Å². The Bertz CT molecular complexity index is 1180. The van der Waals surface area contributed by atoms with Crippen LogP contribution in [0.15, 0.2) is 11.6 Å². The van der Waals surface area contributed by atoms with Gasteiger partial charge < -0.3 is 39.7 Å². The van der Waals surface area contributed by atoms with Gasteiger partial charge in [0.25, 0.3) is 0 Å². The van der Waals surface area contributed by atoms with Crippen molar-refractivity contribution in [1.29, 1.82) is 0 Å². The maximum Gasteiger partial charge on any atom is 0.302 e. The first-order chi connectivity index (χ1) is 21.7. The lowest BCUT2D eigenvalue weighted by molar-refractivity contribution is -0.332. The zero-order valence-corrected chi connectivity index (χ0v) is 30.4. The monoisotopic (exact) mass is 664 g/mol. The van der Waals surface area contributed by atoms with Crippen molar-refractivity contribution < 1.29 is 44.5 Å². The second-order valence-electron chi connectivity index (χ2n) is 17.9. The summed E-state index contributed by atoms with van der Waals surface area (Å²) in [7, 11) is 0. The van der Waals surface area contributed by atoms with E-state index in [1.54, 1.807) is 0 Å². The van der Waals surface area contributed by atoms with Crippen LogP contribution in [0.25, 0.3) is 0 Å². The fourth-order valence-electron chi connectivity index (χ4n) is 12.0.